The van der Waals surface area contributed by atoms with Gasteiger partial charge in [-0.2, -0.15) is 10.4 Å². The number of hydrogen-bond acceptors (Lipinski definition) is 5. The molecule has 0 aliphatic heterocycles. The average molecular weight is 291 g/mol. The normalized spacial score (nSPS) is 10.0. The second kappa shape index (κ2) is 6.08. The van der Waals surface area contributed by atoms with Gasteiger partial charge in [0.15, 0.2) is 0 Å². The van der Waals surface area contributed by atoms with E-state index in [-0.39, 0.29) is 13.2 Å². The first kappa shape index (κ1) is 13.9. The van der Waals surface area contributed by atoms with Crippen LogP contribution in [-0.4, -0.2) is 15.7 Å². The molecule has 0 aliphatic carbocycles. The van der Waals surface area contributed by atoms with E-state index in [0.717, 1.165) is 0 Å². The Morgan fingerprint density at radius 2 is 2.30 bits per heavy atom. The molecule has 1 heterocycles. The van der Waals surface area contributed by atoms with Crippen molar-refractivity contribution in [1.82, 2.24) is 9.78 Å². The first-order chi connectivity index (χ1) is 9.58. The molecule has 0 unspecified atom stereocenters. The Morgan fingerprint density at radius 3 is 2.90 bits per heavy atom. The van der Waals surface area contributed by atoms with Crippen LogP contribution in [0.15, 0.2) is 30.5 Å². The van der Waals surface area contributed by atoms with Gasteiger partial charge in [0.1, 0.15) is 19.0 Å². The Balaban J connectivity index is 1.92. The largest absolute Gasteiger partial charge is 0.459 e. The Bertz CT molecular complexity index is 675. The van der Waals surface area contributed by atoms with E-state index in [0.29, 0.717) is 22.0 Å². The molecule has 0 fully saturated rings. The van der Waals surface area contributed by atoms with Crippen molar-refractivity contribution in [2.45, 2.75) is 13.2 Å². The van der Waals surface area contributed by atoms with Gasteiger partial charge in [0.2, 0.25) is 0 Å². The number of ether oxygens (including phenoxy) is 1. The molecule has 1 aromatic carbocycles. The summed E-state index contributed by atoms with van der Waals surface area (Å²) in [6.07, 6.45) is 1.59. The van der Waals surface area contributed by atoms with Gasteiger partial charge < -0.3 is 10.5 Å². The fourth-order valence-corrected chi connectivity index (χ4v) is 1.77. The molecule has 7 heteroatoms. The zero-order valence-corrected chi connectivity index (χ0v) is 11.2. The molecule has 2 N–H and O–H groups in total. The number of nitriles is 1. The molecule has 102 valence electrons. The SMILES string of the molecule is N#Cc1ccc(COC(=O)Cn2ccc(N)n2)c(Cl)c1. The molecule has 6 nitrogen and oxygen atoms in total. The average Bonchev–Trinajstić information content (AvgIpc) is 2.82. The molecule has 1 aromatic heterocycles. The number of nitrogen functional groups attached to an aromatic ring is 1. The van der Waals surface area contributed by atoms with Crippen molar-refractivity contribution >= 4 is 23.4 Å². The molecule has 20 heavy (non-hydrogen) atoms. The van der Waals surface area contributed by atoms with Crippen LogP contribution in [0, 0.1) is 11.3 Å². The number of nitrogens with zero attached hydrogens (tertiary/aromatic N) is 3. The second-order valence-electron chi connectivity index (χ2n) is 4.02. The topological polar surface area (TPSA) is 93.9 Å². The Hall–Kier alpha value is -2.52. The van der Waals surface area contributed by atoms with Crippen LogP contribution in [0.5, 0.6) is 0 Å². The molecular weight excluding hydrogens is 280 g/mol. The summed E-state index contributed by atoms with van der Waals surface area (Å²) in [6, 6.07) is 8.36. The van der Waals surface area contributed by atoms with Crippen molar-refractivity contribution in [2.75, 3.05) is 5.73 Å². The number of rotatable bonds is 4. The van der Waals surface area contributed by atoms with Gasteiger partial charge in [0.25, 0.3) is 0 Å². The number of benzene rings is 1. The maximum absolute atomic E-state index is 11.6. The van der Waals surface area contributed by atoms with Gasteiger partial charge >= 0.3 is 5.97 Å². The first-order valence-electron chi connectivity index (χ1n) is 5.71. The van der Waals surface area contributed by atoms with Crippen molar-refractivity contribution in [3.05, 3.63) is 46.6 Å². The lowest BCUT2D eigenvalue weighted by Gasteiger charge is -2.07. The highest BCUT2D eigenvalue weighted by molar-refractivity contribution is 6.31. The molecule has 0 aliphatic rings. The number of esters is 1. The van der Waals surface area contributed by atoms with Crippen molar-refractivity contribution in [3.8, 4) is 6.07 Å². The van der Waals surface area contributed by atoms with E-state index in [1.54, 1.807) is 24.4 Å². The van der Waals surface area contributed by atoms with Gasteiger partial charge in [-0.25, -0.2) is 0 Å². The summed E-state index contributed by atoms with van der Waals surface area (Å²) in [5, 5.41) is 13.0. The van der Waals surface area contributed by atoms with Crippen molar-refractivity contribution in [1.29, 1.82) is 5.26 Å². The van der Waals surface area contributed by atoms with Crippen LogP contribution in [0.4, 0.5) is 5.82 Å². The predicted octanol–water partition coefficient (Wildman–Crippen LogP) is 1.73. The van der Waals surface area contributed by atoms with Crippen LogP contribution in [0.25, 0.3) is 0 Å². The summed E-state index contributed by atoms with van der Waals surface area (Å²) >= 11 is 5.98. The third-order valence-electron chi connectivity index (χ3n) is 2.52. The molecule has 0 spiro atoms. The quantitative estimate of drug-likeness (QED) is 0.866. The molecular formula is C13H11ClN4O2. The van der Waals surface area contributed by atoms with E-state index in [1.165, 1.54) is 10.7 Å². The lowest BCUT2D eigenvalue weighted by Crippen LogP contribution is -2.14. The summed E-state index contributed by atoms with van der Waals surface area (Å²) in [5.41, 5.74) is 6.53. The van der Waals surface area contributed by atoms with Crippen molar-refractivity contribution in [2.24, 2.45) is 0 Å². The van der Waals surface area contributed by atoms with E-state index < -0.39 is 5.97 Å². The Kier molecular flexibility index (Phi) is 4.23. The summed E-state index contributed by atoms with van der Waals surface area (Å²) in [6.45, 7) is 0.0191. The summed E-state index contributed by atoms with van der Waals surface area (Å²) in [7, 11) is 0. The predicted molar refractivity (Wildman–Crippen MR) is 72.6 cm³/mol. The standard InChI is InChI=1S/C13H11ClN4O2/c14-11-5-9(6-15)1-2-10(11)8-20-13(19)7-18-4-3-12(16)17-18/h1-5H,7-8H2,(H2,16,17). The van der Waals surface area contributed by atoms with Gasteiger partial charge in [-0.1, -0.05) is 17.7 Å². The van der Waals surface area contributed by atoms with Gasteiger partial charge in [-0.05, 0) is 18.2 Å². The van der Waals surface area contributed by atoms with Crippen molar-refractivity contribution < 1.29 is 9.53 Å². The summed E-state index contributed by atoms with van der Waals surface area (Å²) in [4.78, 5) is 11.6. The van der Waals surface area contributed by atoms with E-state index in [1.807, 2.05) is 6.07 Å². The van der Waals surface area contributed by atoms with E-state index in [9.17, 15) is 4.79 Å². The van der Waals surface area contributed by atoms with E-state index >= 15 is 0 Å². The number of nitrogens with two attached hydrogens (primary N) is 1. The maximum atomic E-state index is 11.6. The number of anilines is 1. The molecule has 0 saturated heterocycles. The number of hydrogen-bond donors (Lipinski definition) is 1. The Morgan fingerprint density at radius 1 is 1.50 bits per heavy atom. The molecule has 2 aromatic rings. The highest BCUT2D eigenvalue weighted by Gasteiger charge is 2.08. The number of halogens is 1. The van der Waals surface area contributed by atoms with Crippen LogP contribution in [-0.2, 0) is 22.7 Å². The van der Waals surface area contributed by atoms with E-state index in [4.69, 9.17) is 27.3 Å². The van der Waals surface area contributed by atoms with Crippen LogP contribution < -0.4 is 5.73 Å². The molecule has 0 amide bonds. The van der Waals surface area contributed by atoms with Crippen LogP contribution >= 0.6 is 11.6 Å². The zero-order valence-electron chi connectivity index (χ0n) is 10.4. The second-order valence-corrected chi connectivity index (χ2v) is 4.42. The molecule has 0 saturated carbocycles. The lowest BCUT2D eigenvalue weighted by molar-refractivity contribution is -0.145. The highest BCUT2D eigenvalue weighted by atomic mass is 35.5. The number of carbonyl (C=O) groups is 1. The zero-order chi connectivity index (χ0) is 14.5. The highest BCUT2D eigenvalue weighted by Crippen LogP contribution is 2.18. The van der Waals surface area contributed by atoms with Crippen LogP contribution in [0.2, 0.25) is 5.02 Å². The lowest BCUT2D eigenvalue weighted by atomic mass is 10.1. The smallest absolute Gasteiger partial charge is 0.328 e. The monoisotopic (exact) mass is 290 g/mol. The third-order valence-corrected chi connectivity index (χ3v) is 2.88. The maximum Gasteiger partial charge on any atom is 0.328 e. The van der Waals surface area contributed by atoms with Gasteiger partial charge in [0, 0.05) is 16.8 Å². The molecule has 0 radical (unpaired) electrons. The van der Waals surface area contributed by atoms with Crippen LogP contribution in [0.3, 0.4) is 0 Å². The van der Waals surface area contributed by atoms with Crippen LogP contribution in [0.1, 0.15) is 11.1 Å². The number of carbonyl (C=O) groups excluding carboxylic acids is 1. The van der Waals surface area contributed by atoms with Crippen molar-refractivity contribution in [3.63, 3.8) is 0 Å². The first-order valence-corrected chi connectivity index (χ1v) is 6.09. The molecule has 0 atom stereocenters. The molecule has 0 bridgehead atoms. The van der Waals surface area contributed by atoms with Gasteiger partial charge in [-0.3, -0.25) is 9.48 Å². The summed E-state index contributed by atoms with van der Waals surface area (Å²) in [5.74, 6) is -0.110. The minimum absolute atomic E-state index is 0.0227. The summed E-state index contributed by atoms with van der Waals surface area (Å²) < 4.78 is 6.47. The molecule has 2 rings (SSSR count). The van der Waals surface area contributed by atoms with Gasteiger partial charge in [-0.15, -0.1) is 0 Å². The third kappa shape index (κ3) is 3.49. The fraction of sp³-hybridized carbons (Fsp3) is 0.154. The minimum atomic E-state index is -0.450. The minimum Gasteiger partial charge on any atom is -0.459 e. The number of aromatic nitrogens is 2. The van der Waals surface area contributed by atoms with E-state index in [2.05, 4.69) is 5.10 Å². The fourth-order valence-electron chi connectivity index (χ4n) is 1.54. The van der Waals surface area contributed by atoms with Gasteiger partial charge in [0.05, 0.1) is 11.6 Å². The Labute approximate surface area is 120 Å².